The van der Waals surface area contributed by atoms with Crippen LogP contribution in [0.3, 0.4) is 0 Å². The molecule has 8 heterocycles. The quantitative estimate of drug-likeness (QED) is 0.0918. The molecule has 4 aromatic heterocycles. The van der Waals surface area contributed by atoms with Crippen LogP contribution in [0.4, 0.5) is 0 Å². The Bertz CT molecular complexity index is 2670. The standard InChI is InChI=1S/C25H28N4O3.C13H12N2O3.C12H18N2O.I2/c30-22(16-28-10-7-18-3-1-2-4-20(18)14-28)13-26-25(31)23-17-29-15-21(5-6-24(29)27-23)19-8-11-32-12-9-19;16-13(17)11-8-15-7-10(1-2-12(15)14-11)9-3-5-18-6-4-9;13-7-12(15)9-14-6-5-10-3-1-2-4-11(10)8-14;1-2/h1-6,8,15,17,22,30H,7,9-14,16H2,(H,26,31);1-3,7-8H,4-6H2,(H,16,17);1-4,12,15H,5-9,13H2;/t22-;;12-;/m0.0./s1. The normalized spacial score (nSPS) is 16.9. The van der Waals surface area contributed by atoms with E-state index in [0.29, 0.717) is 44.2 Å². The number of carboxylic acid groups (broad SMARTS) is 1. The van der Waals surface area contributed by atoms with Gasteiger partial charge in [-0.15, -0.1) is 0 Å². The molecule has 354 valence electrons. The Hall–Kier alpha value is -4.58. The van der Waals surface area contributed by atoms with Gasteiger partial charge in [-0.1, -0.05) is 60.7 Å². The SMILES string of the molecule is II.NC[C@H](O)CN1CCc2ccccc2C1.O=C(NC[C@H](O)CN1CCc2ccccc2C1)c1cn2cc(C3=CCOCC3)ccc2n1.O=C(O)c1cn2cc(C3=CCOCC3)ccc2n1. The van der Waals surface area contributed by atoms with Crippen LogP contribution in [0.1, 0.15) is 67.2 Å². The van der Waals surface area contributed by atoms with Crippen molar-refractivity contribution in [2.75, 3.05) is 65.7 Å². The van der Waals surface area contributed by atoms with Gasteiger partial charge in [0, 0.05) is 114 Å². The summed E-state index contributed by atoms with van der Waals surface area (Å²) in [7, 11) is 0. The van der Waals surface area contributed by atoms with E-state index in [-0.39, 0.29) is 18.1 Å². The fraction of sp³-hybridized carbons (Fsp3) is 0.360. The number of fused-ring (bicyclic) bond motifs is 4. The Labute approximate surface area is 414 Å². The largest absolute Gasteiger partial charge is 0.476 e. The summed E-state index contributed by atoms with van der Waals surface area (Å²) in [6, 6.07) is 24.7. The van der Waals surface area contributed by atoms with E-state index < -0.39 is 18.2 Å². The molecule has 6 N–H and O–H groups in total. The van der Waals surface area contributed by atoms with Gasteiger partial charge in [0.2, 0.25) is 0 Å². The number of amides is 1. The number of rotatable bonds is 11. The first-order chi connectivity index (χ1) is 32.7. The van der Waals surface area contributed by atoms with Crippen molar-refractivity contribution in [3.8, 4) is 0 Å². The molecule has 0 radical (unpaired) electrons. The van der Waals surface area contributed by atoms with E-state index in [9.17, 15) is 19.8 Å². The summed E-state index contributed by atoms with van der Waals surface area (Å²) in [6.07, 6.45) is 14.1. The predicted molar refractivity (Wildman–Crippen MR) is 276 cm³/mol. The minimum absolute atomic E-state index is 0.0631. The lowest BCUT2D eigenvalue weighted by atomic mass is 10.00. The minimum atomic E-state index is -1.01. The summed E-state index contributed by atoms with van der Waals surface area (Å²) in [5, 5.41) is 31.7. The summed E-state index contributed by atoms with van der Waals surface area (Å²) >= 11 is 4.24. The summed E-state index contributed by atoms with van der Waals surface area (Å²) < 4.78 is 14.3. The fourth-order valence-corrected chi connectivity index (χ4v) is 8.61. The van der Waals surface area contributed by atoms with Crippen molar-refractivity contribution in [2.24, 2.45) is 5.73 Å². The fourth-order valence-electron chi connectivity index (χ4n) is 8.61. The van der Waals surface area contributed by atoms with E-state index in [1.54, 1.807) is 10.6 Å². The molecule has 0 saturated heterocycles. The van der Waals surface area contributed by atoms with Crippen LogP contribution in [0.2, 0.25) is 0 Å². The number of nitrogens with one attached hydrogen (secondary N) is 1. The maximum Gasteiger partial charge on any atom is 0.356 e. The number of carbonyl (C=O) groups is 2. The van der Waals surface area contributed by atoms with Gasteiger partial charge in [-0.3, -0.25) is 14.6 Å². The highest BCUT2D eigenvalue weighted by Gasteiger charge is 2.21. The number of hydrogen-bond donors (Lipinski definition) is 5. The van der Waals surface area contributed by atoms with Gasteiger partial charge in [-0.25, -0.2) is 14.8 Å². The first-order valence-corrected chi connectivity index (χ1v) is 28.8. The van der Waals surface area contributed by atoms with Crippen LogP contribution in [-0.4, -0.2) is 134 Å². The number of β-amino-alcohol motifs (C(OH)–C–C–N with tert-alkyl or cyclic N) is 2. The summed E-state index contributed by atoms with van der Waals surface area (Å²) in [5.41, 5.74) is 17.4. The maximum absolute atomic E-state index is 12.6. The van der Waals surface area contributed by atoms with Crippen molar-refractivity contribution in [3.05, 3.63) is 155 Å². The topological polar surface area (TPSA) is 192 Å². The number of hydrogen-bond acceptors (Lipinski definition) is 11. The van der Waals surface area contributed by atoms with E-state index in [4.69, 9.17) is 20.3 Å². The molecule has 17 heteroatoms. The number of aromatic carboxylic acids is 1. The van der Waals surface area contributed by atoms with Gasteiger partial charge in [0.15, 0.2) is 5.69 Å². The highest BCUT2D eigenvalue weighted by molar-refractivity contribution is 15.0. The average Bonchev–Trinajstić information content (AvgIpc) is 4.02. The molecule has 2 atom stereocenters. The number of carboxylic acids is 1. The van der Waals surface area contributed by atoms with Crippen molar-refractivity contribution in [2.45, 2.75) is 51.0 Å². The van der Waals surface area contributed by atoms with Crippen LogP contribution in [0.5, 0.6) is 0 Å². The Kier molecular flexibility index (Phi) is 18.9. The van der Waals surface area contributed by atoms with Crippen molar-refractivity contribution >= 4 is 71.5 Å². The minimum Gasteiger partial charge on any atom is -0.476 e. The molecule has 0 unspecified atom stereocenters. The lowest BCUT2D eigenvalue weighted by molar-refractivity contribution is 0.0690. The van der Waals surface area contributed by atoms with Gasteiger partial charge in [-0.05, 0) is 94.5 Å². The van der Waals surface area contributed by atoms with Gasteiger partial charge in [0.1, 0.15) is 17.0 Å². The molecule has 0 bridgehead atoms. The van der Waals surface area contributed by atoms with E-state index in [1.807, 2.05) is 41.1 Å². The Morgan fingerprint density at radius 1 is 0.657 bits per heavy atom. The van der Waals surface area contributed by atoms with E-state index in [1.165, 1.54) is 39.6 Å². The van der Waals surface area contributed by atoms with E-state index in [2.05, 4.69) is 123 Å². The maximum atomic E-state index is 12.6. The van der Waals surface area contributed by atoms with E-state index in [0.717, 1.165) is 81.9 Å². The smallest absolute Gasteiger partial charge is 0.356 e. The first kappa shape index (κ1) is 50.3. The second-order valence-corrected chi connectivity index (χ2v) is 16.8. The molecule has 4 aliphatic rings. The van der Waals surface area contributed by atoms with Crippen LogP contribution in [0, 0.1) is 0 Å². The second-order valence-electron chi connectivity index (χ2n) is 16.8. The lowest BCUT2D eigenvalue weighted by Crippen LogP contribution is -2.42. The van der Waals surface area contributed by atoms with Gasteiger partial charge in [-0.2, -0.15) is 0 Å². The number of nitrogens with zero attached hydrogens (tertiary/aromatic N) is 6. The number of halogens is 2. The molecule has 4 aliphatic heterocycles. The zero-order chi connectivity index (χ0) is 47.1. The number of aliphatic hydroxyl groups is 2. The zero-order valence-corrected chi connectivity index (χ0v) is 41.7. The Morgan fingerprint density at radius 3 is 1.61 bits per heavy atom. The number of nitrogens with two attached hydrogens (primary N) is 1. The molecule has 0 saturated carbocycles. The van der Waals surface area contributed by atoms with Gasteiger partial charge in [0.25, 0.3) is 5.91 Å². The van der Waals surface area contributed by atoms with Crippen LogP contribution in [-0.2, 0) is 35.4 Å². The first-order valence-electron chi connectivity index (χ1n) is 22.5. The van der Waals surface area contributed by atoms with Crippen molar-refractivity contribution < 1.29 is 34.4 Å². The summed E-state index contributed by atoms with van der Waals surface area (Å²) in [4.78, 5) is 36.4. The average molecular weight is 1140 g/mol. The summed E-state index contributed by atoms with van der Waals surface area (Å²) in [5.74, 6) is -1.28. The lowest BCUT2D eigenvalue weighted by Gasteiger charge is -2.30. The van der Waals surface area contributed by atoms with Gasteiger partial charge < -0.3 is 44.6 Å². The highest BCUT2D eigenvalue weighted by atomic mass is 128. The zero-order valence-electron chi connectivity index (χ0n) is 37.4. The number of aliphatic hydroxyl groups excluding tert-OH is 2. The number of carbonyl (C=O) groups excluding carboxylic acids is 1. The van der Waals surface area contributed by atoms with Crippen molar-refractivity contribution in [1.82, 2.24) is 33.9 Å². The molecule has 6 aromatic rings. The Morgan fingerprint density at radius 2 is 1.13 bits per heavy atom. The summed E-state index contributed by atoms with van der Waals surface area (Å²) in [6.45, 7) is 8.20. The van der Waals surface area contributed by atoms with Crippen LogP contribution < -0.4 is 11.1 Å². The molecular weight excluding hydrogens is 1080 g/mol. The van der Waals surface area contributed by atoms with Crippen LogP contribution >= 0.6 is 37.2 Å². The number of benzene rings is 2. The van der Waals surface area contributed by atoms with Crippen LogP contribution in [0.25, 0.3) is 22.4 Å². The molecule has 15 nitrogen and oxygen atoms in total. The number of pyridine rings is 2. The Balaban J connectivity index is 0.000000161. The third-order valence-electron chi connectivity index (χ3n) is 12.1. The number of ether oxygens (including phenoxy) is 2. The van der Waals surface area contributed by atoms with Gasteiger partial charge in [0.05, 0.1) is 38.6 Å². The second kappa shape index (κ2) is 25.2. The van der Waals surface area contributed by atoms with Crippen molar-refractivity contribution in [1.29, 1.82) is 0 Å². The van der Waals surface area contributed by atoms with E-state index >= 15 is 0 Å². The monoisotopic (exact) mass is 1140 g/mol. The molecule has 2 aromatic carbocycles. The van der Waals surface area contributed by atoms with Gasteiger partial charge >= 0.3 is 5.97 Å². The van der Waals surface area contributed by atoms with Crippen LogP contribution in [0.15, 0.2) is 110 Å². The highest BCUT2D eigenvalue weighted by Crippen LogP contribution is 2.24. The molecule has 67 heavy (non-hydrogen) atoms. The molecule has 10 rings (SSSR count). The van der Waals surface area contributed by atoms with Crippen molar-refractivity contribution in [3.63, 3.8) is 0 Å². The predicted octanol–water partition coefficient (Wildman–Crippen LogP) is 6.26. The third kappa shape index (κ3) is 14.0. The molecule has 0 fully saturated rings. The molecule has 0 spiro atoms. The third-order valence-corrected chi connectivity index (χ3v) is 12.1. The molecule has 0 aliphatic carbocycles. The number of aromatic nitrogens is 4. The molecular formula is C50H58I2N8O7. The number of imidazole rings is 2. The molecule has 1 amide bonds.